The van der Waals surface area contributed by atoms with Crippen LogP contribution in [-0.2, 0) is 0 Å². The van der Waals surface area contributed by atoms with E-state index < -0.39 is 0 Å². The van der Waals surface area contributed by atoms with Crippen molar-refractivity contribution in [1.29, 1.82) is 0 Å². The number of fused-ring (bicyclic) bond motifs is 1. The average molecular weight is 306 g/mol. The number of hydrogen-bond donors (Lipinski definition) is 1. The highest BCUT2D eigenvalue weighted by atomic mass is 35.5. The predicted octanol–water partition coefficient (Wildman–Crippen LogP) is 4.57. The Morgan fingerprint density at radius 2 is 2.00 bits per heavy atom. The van der Waals surface area contributed by atoms with Gasteiger partial charge in [-0.05, 0) is 42.6 Å². The minimum absolute atomic E-state index is 0.550. The van der Waals surface area contributed by atoms with Gasteiger partial charge in [0, 0.05) is 11.6 Å². The first-order valence-electron chi connectivity index (χ1n) is 6.19. The second-order valence-electron chi connectivity index (χ2n) is 4.08. The van der Waals surface area contributed by atoms with Gasteiger partial charge < -0.3 is 10.1 Å². The molecule has 3 rings (SSSR count). The summed E-state index contributed by atoms with van der Waals surface area (Å²) in [6.45, 7) is 2.76. The van der Waals surface area contributed by atoms with Crippen LogP contribution in [0.1, 0.15) is 6.92 Å². The largest absolute Gasteiger partial charge is 0.438 e. The third kappa shape index (κ3) is 2.69. The number of nitrogens with zero attached hydrogens (tertiary/aromatic N) is 2. The summed E-state index contributed by atoms with van der Waals surface area (Å²) in [6.07, 6.45) is 0. The normalized spacial score (nSPS) is 10.7. The topological polar surface area (TPSA) is 47.0 Å². The zero-order valence-electron chi connectivity index (χ0n) is 10.8. The standard InChI is InChI=1S/C14H12ClN3OS/c1-2-16-14-17-12(11-7-8-20-13(11)18-14)19-10-5-3-9(15)4-6-10/h3-8H,2H2,1H3,(H,16,17,18). The van der Waals surface area contributed by atoms with Crippen LogP contribution in [0.3, 0.4) is 0 Å². The molecule has 0 saturated carbocycles. The minimum atomic E-state index is 0.550. The van der Waals surface area contributed by atoms with Crippen LogP contribution in [0.5, 0.6) is 11.6 Å². The van der Waals surface area contributed by atoms with E-state index in [1.165, 1.54) is 0 Å². The lowest BCUT2D eigenvalue weighted by Crippen LogP contribution is -2.02. The van der Waals surface area contributed by atoms with Gasteiger partial charge in [0.25, 0.3) is 0 Å². The molecule has 1 N–H and O–H groups in total. The fourth-order valence-corrected chi connectivity index (χ4v) is 2.64. The minimum Gasteiger partial charge on any atom is -0.438 e. The van der Waals surface area contributed by atoms with E-state index in [2.05, 4.69) is 15.3 Å². The highest BCUT2D eigenvalue weighted by Crippen LogP contribution is 2.31. The molecule has 0 bridgehead atoms. The molecule has 2 aromatic heterocycles. The molecule has 1 aromatic carbocycles. The van der Waals surface area contributed by atoms with Crippen molar-refractivity contribution in [3.63, 3.8) is 0 Å². The SMILES string of the molecule is CCNc1nc(Oc2ccc(Cl)cc2)c2ccsc2n1. The van der Waals surface area contributed by atoms with Gasteiger partial charge in [-0.25, -0.2) is 4.98 Å². The number of anilines is 1. The molecule has 0 unspecified atom stereocenters. The molecule has 0 atom stereocenters. The van der Waals surface area contributed by atoms with E-state index >= 15 is 0 Å². The van der Waals surface area contributed by atoms with E-state index in [0.29, 0.717) is 22.6 Å². The maximum absolute atomic E-state index is 5.87. The quantitative estimate of drug-likeness (QED) is 0.767. The van der Waals surface area contributed by atoms with Gasteiger partial charge in [-0.15, -0.1) is 11.3 Å². The Hall–Kier alpha value is -1.85. The molecule has 0 aliphatic rings. The molecule has 20 heavy (non-hydrogen) atoms. The predicted molar refractivity (Wildman–Crippen MR) is 83.1 cm³/mol. The van der Waals surface area contributed by atoms with Crippen molar-refractivity contribution >= 4 is 39.1 Å². The number of benzene rings is 1. The number of hydrogen-bond acceptors (Lipinski definition) is 5. The van der Waals surface area contributed by atoms with Crippen molar-refractivity contribution in [2.75, 3.05) is 11.9 Å². The van der Waals surface area contributed by atoms with Crippen molar-refractivity contribution in [3.8, 4) is 11.6 Å². The monoisotopic (exact) mass is 305 g/mol. The van der Waals surface area contributed by atoms with Gasteiger partial charge >= 0.3 is 0 Å². The van der Waals surface area contributed by atoms with Crippen molar-refractivity contribution in [3.05, 3.63) is 40.7 Å². The average Bonchev–Trinajstić information content (AvgIpc) is 2.90. The van der Waals surface area contributed by atoms with E-state index in [1.807, 2.05) is 30.5 Å². The Morgan fingerprint density at radius 1 is 1.20 bits per heavy atom. The lowest BCUT2D eigenvalue weighted by molar-refractivity contribution is 0.469. The van der Waals surface area contributed by atoms with Crippen LogP contribution in [-0.4, -0.2) is 16.5 Å². The summed E-state index contributed by atoms with van der Waals surface area (Å²) in [6, 6.07) is 9.16. The summed E-state index contributed by atoms with van der Waals surface area (Å²) in [4.78, 5) is 9.75. The van der Waals surface area contributed by atoms with Gasteiger partial charge in [-0.1, -0.05) is 11.6 Å². The second-order valence-corrected chi connectivity index (χ2v) is 5.41. The van der Waals surface area contributed by atoms with Gasteiger partial charge in [0.1, 0.15) is 10.6 Å². The molecule has 4 nitrogen and oxygen atoms in total. The van der Waals surface area contributed by atoms with Gasteiger partial charge in [0.2, 0.25) is 11.8 Å². The lowest BCUT2D eigenvalue weighted by atomic mass is 10.3. The molecule has 0 fully saturated rings. The Morgan fingerprint density at radius 3 is 2.75 bits per heavy atom. The van der Waals surface area contributed by atoms with Crippen molar-refractivity contribution in [2.45, 2.75) is 6.92 Å². The second kappa shape index (κ2) is 5.64. The molecule has 0 saturated heterocycles. The van der Waals surface area contributed by atoms with E-state index in [9.17, 15) is 0 Å². The van der Waals surface area contributed by atoms with Crippen molar-refractivity contribution < 1.29 is 4.74 Å². The number of thiophene rings is 1. The molecule has 2 heterocycles. The van der Waals surface area contributed by atoms with Crippen molar-refractivity contribution in [2.24, 2.45) is 0 Å². The molecule has 0 aliphatic heterocycles. The van der Waals surface area contributed by atoms with E-state index in [1.54, 1.807) is 23.5 Å². The van der Waals surface area contributed by atoms with Gasteiger partial charge in [-0.2, -0.15) is 4.98 Å². The number of aromatic nitrogens is 2. The van der Waals surface area contributed by atoms with E-state index in [0.717, 1.165) is 16.8 Å². The molecular formula is C14H12ClN3OS. The summed E-state index contributed by atoms with van der Waals surface area (Å²) < 4.78 is 5.85. The summed E-state index contributed by atoms with van der Waals surface area (Å²) in [5.74, 6) is 1.82. The maximum atomic E-state index is 5.87. The molecule has 0 radical (unpaired) electrons. The van der Waals surface area contributed by atoms with Gasteiger partial charge in [0.15, 0.2) is 0 Å². The van der Waals surface area contributed by atoms with E-state index in [-0.39, 0.29) is 0 Å². The summed E-state index contributed by atoms with van der Waals surface area (Å²) in [7, 11) is 0. The number of ether oxygens (including phenoxy) is 1. The zero-order chi connectivity index (χ0) is 13.9. The summed E-state index contributed by atoms with van der Waals surface area (Å²) in [5.41, 5.74) is 0. The third-order valence-corrected chi connectivity index (χ3v) is 3.71. The van der Waals surface area contributed by atoms with Crippen LogP contribution in [0, 0.1) is 0 Å². The fourth-order valence-electron chi connectivity index (χ4n) is 1.76. The summed E-state index contributed by atoms with van der Waals surface area (Å²) in [5, 5.41) is 6.67. The van der Waals surface area contributed by atoms with Crippen molar-refractivity contribution in [1.82, 2.24) is 9.97 Å². The molecule has 102 valence electrons. The highest BCUT2D eigenvalue weighted by molar-refractivity contribution is 7.16. The fraction of sp³-hybridized carbons (Fsp3) is 0.143. The van der Waals surface area contributed by atoms with Crippen LogP contribution in [0.15, 0.2) is 35.7 Å². The Labute approximate surface area is 125 Å². The van der Waals surface area contributed by atoms with Crippen LogP contribution < -0.4 is 10.1 Å². The Kier molecular flexibility index (Phi) is 3.71. The van der Waals surface area contributed by atoms with E-state index in [4.69, 9.17) is 16.3 Å². The van der Waals surface area contributed by atoms with Crippen LogP contribution in [0.25, 0.3) is 10.2 Å². The Bertz CT molecular complexity index is 727. The molecule has 3 aromatic rings. The molecular weight excluding hydrogens is 294 g/mol. The Balaban J connectivity index is 2.00. The maximum Gasteiger partial charge on any atom is 0.232 e. The number of halogens is 1. The lowest BCUT2D eigenvalue weighted by Gasteiger charge is -2.08. The first-order valence-corrected chi connectivity index (χ1v) is 7.44. The number of nitrogens with one attached hydrogen (secondary N) is 1. The molecule has 0 spiro atoms. The zero-order valence-corrected chi connectivity index (χ0v) is 12.3. The van der Waals surface area contributed by atoms with Crippen LogP contribution in [0.4, 0.5) is 5.95 Å². The smallest absolute Gasteiger partial charge is 0.232 e. The first kappa shape index (κ1) is 13.1. The molecule has 6 heteroatoms. The molecule has 0 amide bonds. The third-order valence-electron chi connectivity index (χ3n) is 2.65. The first-order chi connectivity index (χ1) is 9.76. The van der Waals surface area contributed by atoms with Crippen LogP contribution in [0.2, 0.25) is 5.02 Å². The molecule has 0 aliphatic carbocycles. The highest BCUT2D eigenvalue weighted by Gasteiger charge is 2.10. The van der Waals surface area contributed by atoms with Crippen LogP contribution >= 0.6 is 22.9 Å². The summed E-state index contributed by atoms with van der Waals surface area (Å²) >= 11 is 7.43. The number of rotatable bonds is 4. The van der Waals surface area contributed by atoms with Gasteiger partial charge in [0.05, 0.1) is 5.39 Å². The van der Waals surface area contributed by atoms with Gasteiger partial charge in [-0.3, -0.25) is 0 Å².